The fourth-order valence-corrected chi connectivity index (χ4v) is 2.50. The number of hydrogen-bond acceptors (Lipinski definition) is 5. The zero-order valence-electron chi connectivity index (χ0n) is 17.4. The molecule has 2 rings (SSSR count). The molecule has 0 atom stereocenters. The Balaban J connectivity index is 1.94. The molecule has 9 heteroatoms. The van der Waals surface area contributed by atoms with Gasteiger partial charge in [-0.15, -0.1) is 0 Å². The van der Waals surface area contributed by atoms with Crippen LogP contribution >= 0.6 is 0 Å². The van der Waals surface area contributed by atoms with Crippen molar-refractivity contribution in [3.63, 3.8) is 0 Å². The number of benzene rings is 2. The molecule has 0 unspecified atom stereocenters. The summed E-state index contributed by atoms with van der Waals surface area (Å²) in [7, 11) is 1.43. The number of rotatable bonds is 9. The van der Waals surface area contributed by atoms with Gasteiger partial charge >= 0.3 is 12.1 Å². The lowest BCUT2D eigenvalue weighted by Gasteiger charge is -2.13. The van der Waals surface area contributed by atoms with Gasteiger partial charge in [0.25, 0.3) is 5.91 Å². The van der Waals surface area contributed by atoms with Crippen LogP contribution in [0.4, 0.5) is 18.9 Å². The molecule has 0 saturated carbocycles. The van der Waals surface area contributed by atoms with Crippen LogP contribution < -0.4 is 14.8 Å². The number of amides is 1. The SMILES string of the molecule is COc1cc(C(=O)OCC(=O)Nc2cccc(C(F)(F)F)c2)ccc1OCCC(C)C. The van der Waals surface area contributed by atoms with Crippen LogP contribution in [0.5, 0.6) is 11.5 Å². The van der Waals surface area contributed by atoms with Gasteiger partial charge in [-0.2, -0.15) is 13.2 Å². The predicted molar refractivity (Wildman–Crippen MR) is 108 cm³/mol. The van der Waals surface area contributed by atoms with Crippen LogP contribution in [0, 0.1) is 5.92 Å². The highest BCUT2D eigenvalue weighted by atomic mass is 19.4. The number of nitrogens with one attached hydrogen (secondary N) is 1. The summed E-state index contributed by atoms with van der Waals surface area (Å²) in [5.74, 6) is -0.268. The fraction of sp³-hybridized carbons (Fsp3) is 0.364. The third kappa shape index (κ3) is 7.51. The topological polar surface area (TPSA) is 73.9 Å². The van der Waals surface area contributed by atoms with E-state index in [-0.39, 0.29) is 11.3 Å². The molecule has 0 saturated heterocycles. The Hall–Kier alpha value is -3.23. The van der Waals surface area contributed by atoms with E-state index in [1.165, 1.54) is 31.4 Å². The van der Waals surface area contributed by atoms with E-state index in [4.69, 9.17) is 14.2 Å². The Morgan fingerprint density at radius 1 is 1.06 bits per heavy atom. The molecule has 31 heavy (non-hydrogen) atoms. The third-order valence-corrected chi connectivity index (χ3v) is 4.16. The minimum atomic E-state index is -4.53. The molecule has 1 N–H and O–H groups in total. The van der Waals surface area contributed by atoms with E-state index in [0.717, 1.165) is 18.6 Å². The van der Waals surface area contributed by atoms with E-state index < -0.39 is 30.2 Å². The Kier molecular flexibility index (Phi) is 8.30. The summed E-state index contributed by atoms with van der Waals surface area (Å²) in [6.45, 7) is 3.98. The van der Waals surface area contributed by atoms with Gasteiger partial charge in [-0.3, -0.25) is 4.79 Å². The molecule has 0 aliphatic rings. The number of alkyl halides is 3. The standard InChI is InChI=1S/C22H24F3NO5/c1-14(2)9-10-30-18-8-7-15(11-19(18)29-3)21(28)31-13-20(27)26-17-6-4-5-16(12-17)22(23,24)25/h4-8,11-12,14H,9-10,13H2,1-3H3,(H,26,27). The first kappa shape index (κ1) is 24.0. The second kappa shape index (κ2) is 10.7. The van der Waals surface area contributed by atoms with Crippen molar-refractivity contribution in [3.8, 4) is 11.5 Å². The van der Waals surface area contributed by atoms with Gasteiger partial charge in [0.1, 0.15) is 0 Å². The predicted octanol–water partition coefficient (Wildman–Crippen LogP) is 4.93. The van der Waals surface area contributed by atoms with Gasteiger partial charge in [0, 0.05) is 5.69 Å². The van der Waals surface area contributed by atoms with Crippen molar-refractivity contribution in [3.05, 3.63) is 53.6 Å². The minimum Gasteiger partial charge on any atom is -0.493 e. The molecule has 0 heterocycles. The minimum absolute atomic E-state index is 0.0551. The number of carbonyl (C=O) groups excluding carboxylic acids is 2. The van der Waals surface area contributed by atoms with Gasteiger partial charge in [0.05, 0.1) is 24.8 Å². The second-order valence-electron chi connectivity index (χ2n) is 7.10. The number of esters is 1. The summed E-state index contributed by atoms with van der Waals surface area (Å²) >= 11 is 0. The molecular weight excluding hydrogens is 415 g/mol. The molecule has 0 aliphatic carbocycles. The van der Waals surface area contributed by atoms with Gasteiger partial charge < -0.3 is 19.5 Å². The first-order valence-electron chi connectivity index (χ1n) is 9.55. The lowest BCUT2D eigenvalue weighted by molar-refractivity contribution is -0.137. The zero-order chi connectivity index (χ0) is 23.0. The smallest absolute Gasteiger partial charge is 0.416 e. The first-order valence-corrected chi connectivity index (χ1v) is 9.55. The van der Waals surface area contributed by atoms with Gasteiger partial charge in [-0.05, 0) is 48.7 Å². The maximum atomic E-state index is 12.7. The lowest BCUT2D eigenvalue weighted by atomic mass is 10.1. The maximum absolute atomic E-state index is 12.7. The molecule has 6 nitrogen and oxygen atoms in total. The lowest BCUT2D eigenvalue weighted by Crippen LogP contribution is -2.21. The van der Waals surface area contributed by atoms with E-state index in [0.29, 0.717) is 24.0 Å². The van der Waals surface area contributed by atoms with Crippen LogP contribution in [-0.4, -0.2) is 32.2 Å². The van der Waals surface area contributed by atoms with Crippen LogP contribution in [-0.2, 0) is 15.7 Å². The van der Waals surface area contributed by atoms with Crippen molar-refractivity contribution in [2.24, 2.45) is 5.92 Å². The Morgan fingerprint density at radius 2 is 1.81 bits per heavy atom. The Labute approximate surface area is 178 Å². The molecule has 0 aliphatic heterocycles. The number of hydrogen-bond donors (Lipinski definition) is 1. The highest BCUT2D eigenvalue weighted by Gasteiger charge is 2.30. The average molecular weight is 439 g/mol. The molecule has 168 valence electrons. The largest absolute Gasteiger partial charge is 0.493 e. The average Bonchev–Trinajstić information content (AvgIpc) is 2.71. The van der Waals surface area contributed by atoms with Crippen molar-refractivity contribution in [1.82, 2.24) is 0 Å². The number of halogens is 3. The normalized spacial score (nSPS) is 11.2. The first-order chi connectivity index (χ1) is 14.6. The summed E-state index contributed by atoms with van der Waals surface area (Å²) < 4.78 is 54.0. The van der Waals surface area contributed by atoms with Gasteiger partial charge in [-0.1, -0.05) is 19.9 Å². The van der Waals surface area contributed by atoms with E-state index in [9.17, 15) is 22.8 Å². The van der Waals surface area contributed by atoms with E-state index in [1.54, 1.807) is 6.07 Å². The molecule has 2 aromatic carbocycles. The molecule has 0 radical (unpaired) electrons. The second-order valence-corrected chi connectivity index (χ2v) is 7.10. The third-order valence-electron chi connectivity index (χ3n) is 4.16. The summed E-state index contributed by atoms with van der Waals surface area (Å²) in [6.07, 6.45) is -3.68. The van der Waals surface area contributed by atoms with E-state index in [2.05, 4.69) is 19.2 Å². The maximum Gasteiger partial charge on any atom is 0.416 e. The highest BCUT2D eigenvalue weighted by Crippen LogP contribution is 2.31. The Morgan fingerprint density at radius 3 is 2.45 bits per heavy atom. The van der Waals surface area contributed by atoms with Crippen LogP contribution in [0.15, 0.2) is 42.5 Å². The molecule has 0 spiro atoms. The number of anilines is 1. The van der Waals surface area contributed by atoms with Crippen molar-refractivity contribution >= 4 is 17.6 Å². The van der Waals surface area contributed by atoms with Crippen molar-refractivity contribution in [2.45, 2.75) is 26.4 Å². The van der Waals surface area contributed by atoms with Crippen LogP contribution in [0.1, 0.15) is 36.2 Å². The molecule has 1 amide bonds. The van der Waals surface area contributed by atoms with Crippen LogP contribution in [0.25, 0.3) is 0 Å². The quantitative estimate of drug-likeness (QED) is 0.561. The summed E-state index contributed by atoms with van der Waals surface area (Å²) in [5, 5.41) is 2.26. The van der Waals surface area contributed by atoms with Gasteiger partial charge in [-0.25, -0.2) is 4.79 Å². The zero-order valence-corrected chi connectivity index (χ0v) is 17.4. The van der Waals surface area contributed by atoms with Crippen molar-refractivity contribution in [2.75, 3.05) is 25.6 Å². The number of methoxy groups -OCH3 is 1. The van der Waals surface area contributed by atoms with E-state index in [1.807, 2.05) is 0 Å². The summed E-state index contributed by atoms with van der Waals surface area (Å²) in [6, 6.07) is 8.62. The highest BCUT2D eigenvalue weighted by molar-refractivity contribution is 5.95. The van der Waals surface area contributed by atoms with Crippen molar-refractivity contribution < 1.29 is 37.0 Å². The van der Waals surface area contributed by atoms with Crippen molar-refractivity contribution in [1.29, 1.82) is 0 Å². The number of carbonyl (C=O) groups is 2. The van der Waals surface area contributed by atoms with Gasteiger partial charge in [0.2, 0.25) is 0 Å². The van der Waals surface area contributed by atoms with E-state index >= 15 is 0 Å². The fourth-order valence-electron chi connectivity index (χ4n) is 2.50. The molecule has 2 aromatic rings. The Bertz CT molecular complexity index is 912. The summed E-state index contributed by atoms with van der Waals surface area (Å²) in [4.78, 5) is 24.2. The van der Waals surface area contributed by atoms with Crippen LogP contribution in [0.2, 0.25) is 0 Å². The molecule has 0 aromatic heterocycles. The van der Waals surface area contributed by atoms with Gasteiger partial charge in [0.15, 0.2) is 18.1 Å². The molecule has 0 fully saturated rings. The number of ether oxygens (including phenoxy) is 3. The molecular formula is C22H24F3NO5. The monoisotopic (exact) mass is 439 g/mol. The van der Waals surface area contributed by atoms with Crippen LogP contribution in [0.3, 0.4) is 0 Å². The summed E-state index contributed by atoms with van der Waals surface area (Å²) in [5.41, 5.74) is -0.814. The molecule has 0 bridgehead atoms.